The van der Waals surface area contributed by atoms with Gasteiger partial charge < -0.3 is 39.9 Å². The molecule has 66 heavy (non-hydrogen) atoms. The van der Waals surface area contributed by atoms with Crippen LogP contribution >= 0.6 is 7.82 Å². The quantitative estimate of drug-likeness (QED) is 0.0145. The minimum absolute atomic E-state index is 0.0951. The van der Waals surface area contributed by atoms with Crippen LogP contribution in [0.3, 0.4) is 0 Å². The molecular weight excluding hydrogens is 864 g/mol. The van der Waals surface area contributed by atoms with Crippen LogP contribution < -0.4 is 0 Å². The number of esters is 2. The molecule has 0 aromatic carbocycles. The Morgan fingerprint density at radius 1 is 0.470 bits per heavy atom. The number of phosphoric acid groups is 1. The van der Waals surface area contributed by atoms with Gasteiger partial charge in [-0.05, 0) is 44.9 Å². The summed E-state index contributed by atoms with van der Waals surface area (Å²) in [7, 11) is -5.13. The Morgan fingerprint density at radius 3 is 1.26 bits per heavy atom. The molecule has 0 radical (unpaired) electrons. The van der Waals surface area contributed by atoms with Crippen LogP contribution in [0.4, 0.5) is 0 Å². The van der Waals surface area contributed by atoms with Gasteiger partial charge in [-0.2, -0.15) is 0 Å². The van der Waals surface area contributed by atoms with Gasteiger partial charge in [0.05, 0.1) is 6.61 Å². The first-order chi connectivity index (χ1) is 31.9. The molecular formula is C52H97O13P. The van der Waals surface area contributed by atoms with E-state index < -0.39 is 75.7 Å². The Hall–Kier alpha value is -1.67. The maximum atomic E-state index is 12.8. The van der Waals surface area contributed by atoms with Crippen molar-refractivity contribution < 1.29 is 63.1 Å². The Morgan fingerprint density at radius 2 is 0.818 bits per heavy atom. The number of carbonyl (C=O) groups excluding carboxylic acids is 2. The molecule has 1 aliphatic rings. The average molecular weight is 961 g/mol. The highest BCUT2D eigenvalue weighted by atomic mass is 31.2. The SMILES string of the molecule is CCCCCCCC/C=C/C/C=C/CCCCC(=O)OC[C@H](COP(=O)(O)OC1C(O)C(O)C(O)[C@@H](O)C1O)OC(=O)CCCCCCCCCCCCCCCCCCCCCCCC. The standard InChI is InChI=1S/C52H97O13P/c1-3-5-7-9-11-13-15-17-19-20-21-22-23-24-25-27-29-31-33-35-37-39-41-46(54)64-44(43-63-66(60,61)65-52-50(58)48(56)47(55)49(57)51(52)59)42-62-45(53)40-38-36-34-32-30-28-26-18-16-14-12-10-8-6-4-2/h18,26,30,32,44,47-52,55-59H,3-17,19-25,27-29,31,33-43H2,1-2H3,(H,60,61)/b26-18+,32-30+/t44-,47?,48-,49?,50?,51?,52?/m1/s1. The van der Waals surface area contributed by atoms with Crippen molar-refractivity contribution in [2.45, 2.75) is 281 Å². The van der Waals surface area contributed by atoms with Gasteiger partial charge in [0.25, 0.3) is 0 Å². The van der Waals surface area contributed by atoms with Crippen molar-refractivity contribution in [3.8, 4) is 0 Å². The summed E-state index contributed by atoms with van der Waals surface area (Å²) in [5, 5.41) is 50.3. The number of phosphoric ester groups is 1. The fourth-order valence-electron chi connectivity index (χ4n) is 8.26. The van der Waals surface area contributed by atoms with Crippen molar-refractivity contribution >= 4 is 19.8 Å². The molecule has 0 heterocycles. The molecule has 8 atom stereocenters. The van der Waals surface area contributed by atoms with Gasteiger partial charge >= 0.3 is 19.8 Å². The normalized spacial score (nSPS) is 21.4. The molecule has 0 bridgehead atoms. The minimum atomic E-state index is -5.13. The maximum absolute atomic E-state index is 12.8. The lowest BCUT2D eigenvalue weighted by Crippen LogP contribution is -2.64. The van der Waals surface area contributed by atoms with E-state index in [2.05, 4.69) is 38.2 Å². The van der Waals surface area contributed by atoms with Crippen molar-refractivity contribution in [3.05, 3.63) is 24.3 Å². The molecule has 0 aromatic rings. The molecule has 14 heteroatoms. The second-order valence-electron chi connectivity index (χ2n) is 18.7. The highest BCUT2D eigenvalue weighted by molar-refractivity contribution is 7.47. The third-order valence-corrected chi connectivity index (χ3v) is 13.5. The molecule has 1 rings (SSSR count). The summed E-state index contributed by atoms with van der Waals surface area (Å²) in [6.07, 6.45) is 35.2. The number of aliphatic hydroxyl groups excluding tert-OH is 5. The largest absolute Gasteiger partial charge is 0.472 e. The van der Waals surface area contributed by atoms with Crippen LogP contribution in [0.15, 0.2) is 24.3 Å². The van der Waals surface area contributed by atoms with Crippen LogP contribution in [-0.2, 0) is 32.7 Å². The fraction of sp³-hybridized carbons (Fsp3) is 0.885. The maximum Gasteiger partial charge on any atom is 0.472 e. The highest BCUT2D eigenvalue weighted by Gasteiger charge is 2.51. The highest BCUT2D eigenvalue weighted by Crippen LogP contribution is 2.47. The number of hydrogen-bond acceptors (Lipinski definition) is 12. The smallest absolute Gasteiger partial charge is 0.462 e. The number of ether oxygens (including phenoxy) is 2. The van der Waals surface area contributed by atoms with Crippen molar-refractivity contribution in [2.24, 2.45) is 0 Å². The molecule has 0 aliphatic heterocycles. The summed E-state index contributed by atoms with van der Waals surface area (Å²) in [4.78, 5) is 35.8. The molecule has 1 saturated carbocycles. The van der Waals surface area contributed by atoms with Gasteiger partial charge in [0.2, 0.25) is 0 Å². The third kappa shape index (κ3) is 33.8. The first-order valence-corrected chi connectivity index (χ1v) is 28.1. The first kappa shape index (κ1) is 62.3. The van der Waals surface area contributed by atoms with E-state index in [4.69, 9.17) is 18.5 Å². The zero-order valence-corrected chi connectivity index (χ0v) is 42.4. The summed E-state index contributed by atoms with van der Waals surface area (Å²) < 4.78 is 33.6. The lowest BCUT2D eigenvalue weighted by Gasteiger charge is -2.41. The Balaban J connectivity index is 2.37. The monoisotopic (exact) mass is 961 g/mol. The van der Waals surface area contributed by atoms with Gasteiger partial charge in [-0.1, -0.05) is 205 Å². The predicted molar refractivity (Wildman–Crippen MR) is 263 cm³/mol. The van der Waals surface area contributed by atoms with Gasteiger partial charge in [-0.3, -0.25) is 18.6 Å². The lowest BCUT2D eigenvalue weighted by molar-refractivity contribution is -0.220. The van der Waals surface area contributed by atoms with E-state index >= 15 is 0 Å². The van der Waals surface area contributed by atoms with Gasteiger partial charge in [0.1, 0.15) is 43.2 Å². The zero-order chi connectivity index (χ0) is 48.5. The van der Waals surface area contributed by atoms with Gasteiger partial charge in [0, 0.05) is 12.8 Å². The number of aliphatic hydroxyl groups is 5. The molecule has 0 amide bonds. The minimum Gasteiger partial charge on any atom is -0.462 e. The van der Waals surface area contributed by atoms with Crippen LogP contribution in [0, 0.1) is 0 Å². The van der Waals surface area contributed by atoms with Crippen molar-refractivity contribution in [1.82, 2.24) is 0 Å². The topological polar surface area (TPSA) is 210 Å². The van der Waals surface area contributed by atoms with E-state index in [9.17, 15) is 44.6 Å². The fourth-order valence-corrected chi connectivity index (χ4v) is 9.23. The van der Waals surface area contributed by atoms with Crippen molar-refractivity contribution in [3.63, 3.8) is 0 Å². The second kappa shape index (κ2) is 42.2. The number of allylic oxidation sites excluding steroid dienone is 4. The molecule has 388 valence electrons. The zero-order valence-electron chi connectivity index (χ0n) is 41.5. The van der Waals surface area contributed by atoms with E-state index in [-0.39, 0.29) is 12.8 Å². The lowest BCUT2D eigenvalue weighted by atomic mass is 9.85. The molecule has 6 N–H and O–H groups in total. The van der Waals surface area contributed by atoms with E-state index in [1.54, 1.807) is 0 Å². The third-order valence-electron chi connectivity index (χ3n) is 12.5. The summed E-state index contributed by atoms with van der Waals surface area (Å²) in [6, 6.07) is 0. The Kier molecular flexibility index (Phi) is 39.9. The van der Waals surface area contributed by atoms with Crippen molar-refractivity contribution in [2.75, 3.05) is 13.2 Å². The summed E-state index contributed by atoms with van der Waals surface area (Å²) >= 11 is 0. The molecule has 0 aromatic heterocycles. The van der Waals surface area contributed by atoms with E-state index in [1.165, 1.54) is 148 Å². The number of hydrogen-bond donors (Lipinski definition) is 6. The Bertz CT molecular complexity index is 1250. The van der Waals surface area contributed by atoms with Gasteiger partial charge in [-0.15, -0.1) is 0 Å². The van der Waals surface area contributed by atoms with Crippen LogP contribution in [0.2, 0.25) is 0 Å². The van der Waals surface area contributed by atoms with E-state index in [0.29, 0.717) is 12.8 Å². The molecule has 0 saturated heterocycles. The van der Waals surface area contributed by atoms with Crippen LogP contribution in [0.25, 0.3) is 0 Å². The van der Waals surface area contributed by atoms with Crippen LogP contribution in [-0.4, -0.2) is 98.3 Å². The molecule has 13 nitrogen and oxygen atoms in total. The van der Waals surface area contributed by atoms with Gasteiger partial charge in [0.15, 0.2) is 6.10 Å². The number of rotatable bonds is 45. The van der Waals surface area contributed by atoms with E-state index in [1.807, 2.05) is 0 Å². The summed E-state index contributed by atoms with van der Waals surface area (Å²) in [5.41, 5.74) is 0. The average Bonchev–Trinajstić information content (AvgIpc) is 3.30. The molecule has 1 fully saturated rings. The molecule has 1 aliphatic carbocycles. The predicted octanol–water partition coefficient (Wildman–Crippen LogP) is 11.6. The first-order valence-electron chi connectivity index (χ1n) is 26.6. The Labute approximate surface area is 400 Å². The second-order valence-corrected chi connectivity index (χ2v) is 20.1. The van der Waals surface area contributed by atoms with Crippen LogP contribution in [0.1, 0.15) is 239 Å². The van der Waals surface area contributed by atoms with Crippen molar-refractivity contribution in [1.29, 1.82) is 0 Å². The molecule has 6 unspecified atom stereocenters. The van der Waals surface area contributed by atoms with Crippen LogP contribution in [0.5, 0.6) is 0 Å². The molecule has 0 spiro atoms. The summed E-state index contributed by atoms with van der Waals surface area (Å²) in [5.74, 6) is -1.13. The number of carbonyl (C=O) groups is 2. The van der Waals surface area contributed by atoms with E-state index in [0.717, 1.165) is 51.4 Å². The van der Waals surface area contributed by atoms with Gasteiger partial charge in [-0.25, -0.2) is 4.57 Å². The summed E-state index contributed by atoms with van der Waals surface area (Å²) in [6.45, 7) is 3.30. The number of unbranched alkanes of at least 4 members (excludes halogenated alkanes) is 29.